The number of benzene rings is 1. The monoisotopic (exact) mass is 197 g/mol. The third kappa shape index (κ3) is 2.84. The van der Waals surface area contributed by atoms with E-state index in [0.717, 1.165) is 5.92 Å². The van der Waals surface area contributed by atoms with E-state index in [0.29, 0.717) is 4.90 Å². The van der Waals surface area contributed by atoms with Crippen LogP contribution in [-0.4, -0.2) is 14.2 Å². The average molecular weight is 197 g/mol. The van der Waals surface area contributed by atoms with Gasteiger partial charge in [0.25, 0.3) is 0 Å². The number of hydrogen-bond acceptors (Lipinski definition) is 2. The normalized spacial score (nSPS) is 11.9. The van der Waals surface area contributed by atoms with Gasteiger partial charge in [0.15, 0.2) is 9.84 Å². The molecule has 0 fully saturated rings. The van der Waals surface area contributed by atoms with Gasteiger partial charge in [-0.2, -0.15) is 0 Å². The van der Waals surface area contributed by atoms with Crippen molar-refractivity contribution in [3.63, 3.8) is 0 Å². The molecule has 13 heavy (non-hydrogen) atoms. The first kappa shape index (κ1) is 10.3. The van der Waals surface area contributed by atoms with E-state index in [2.05, 4.69) is 0 Å². The van der Waals surface area contributed by atoms with E-state index < -0.39 is 9.84 Å². The molecule has 0 unspecified atom stereocenters. The summed E-state index contributed by atoms with van der Waals surface area (Å²) in [6, 6.07) is 8.52. The predicted molar refractivity (Wildman–Crippen MR) is 53.1 cm³/mol. The molecule has 0 aromatic heterocycles. The Labute approximate surface area is 79.5 Å². The summed E-state index contributed by atoms with van der Waals surface area (Å²) in [5, 5.41) is 0. The van der Waals surface area contributed by atoms with Crippen LogP contribution in [0.1, 0.15) is 13.8 Å². The van der Waals surface area contributed by atoms with Crippen molar-refractivity contribution in [1.82, 2.24) is 0 Å². The first-order chi connectivity index (χ1) is 6.02. The Morgan fingerprint density at radius 1 is 1.15 bits per heavy atom. The average Bonchev–Trinajstić information content (AvgIpc) is 2.04. The van der Waals surface area contributed by atoms with Crippen molar-refractivity contribution >= 4 is 9.84 Å². The standard InChI is InChI=1S/C10H13O2S/c1-9(2)8-13(11,12)10-6-4-3-5-7-10/h3-7H,8H2,1-2H3. The van der Waals surface area contributed by atoms with Gasteiger partial charge in [-0.3, -0.25) is 0 Å². The van der Waals surface area contributed by atoms with Crippen molar-refractivity contribution in [2.75, 3.05) is 5.75 Å². The minimum atomic E-state index is -3.10. The van der Waals surface area contributed by atoms with Gasteiger partial charge in [-0.05, 0) is 18.1 Å². The predicted octanol–water partition coefficient (Wildman–Crippen LogP) is 2.07. The van der Waals surface area contributed by atoms with Crippen molar-refractivity contribution in [2.24, 2.45) is 0 Å². The van der Waals surface area contributed by atoms with Crippen molar-refractivity contribution in [2.45, 2.75) is 18.7 Å². The van der Waals surface area contributed by atoms with E-state index in [9.17, 15) is 8.42 Å². The van der Waals surface area contributed by atoms with Gasteiger partial charge in [0.05, 0.1) is 10.6 Å². The lowest BCUT2D eigenvalue weighted by atomic mass is 10.3. The second-order valence-corrected chi connectivity index (χ2v) is 5.27. The molecule has 0 saturated heterocycles. The summed E-state index contributed by atoms with van der Waals surface area (Å²) in [5.41, 5.74) is 0. The Morgan fingerprint density at radius 3 is 2.15 bits per heavy atom. The highest BCUT2D eigenvalue weighted by atomic mass is 32.2. The van der Waals surface area contributed by atoms with Gasteiger partial charge in [0.2, 0.25) is 0 Å². The molecule has 1 aromatic rings. The van der Waals surface area contributed by atoms with Gasteiger partial charge in [0.1, 0.15) is 0 Å². The maximum Gasteiger partial charge on any atom is 0.178 e. The third-order valence-electron chi connectivity index (χ3n) is 1.58. The van der Waals surface area contributed by atoms with Gasteiger partial charge in [-0.25, -0.2) is 8.42 Å². The maximum absolute atomic E-state index is 11.6. The fourth-order valence-electron chi connectivity index (χ4n) is 1.09. The van der Waals surface area contributed by atoms with E-state index >= 15 is 0 Å². The maximum atomic E-state index is 11.6. The molecule has 0 amide bonds. The second-order valence-electron chi connectivity index (χ2n) is 3.28. The van der Waals surface area contributed by atoms with Crippen LogP contribution < -0.4 is 0 Å². The minimum Gasteiger partial charge on any atom is -0.224 e. The lowest BCUT2D eigenvalue weighted by molar-refractivity contribution is 0.596. The van der Waals surface area contributed by atoms with Crippen LogP contribution in [-0.2, 0) is 9.84 Å². The Bertz CT molecular complexity index is 352. The second kappa shape index (κ2) is 3.92. The highest BCUT2D eigenvalue weighted by Gasteiger charge is 2.15. The summed E-state index contributed by atoms with van der Waals surface area (Å²) in [4.78, 5) is 0.399. The van der Waals surface area contributed by atoms with Crippen LogP contribution in [0.4, 0.5) is 0 Å². The number of rotatable bonds is 3. The van der Waals surface area contributed by atoms with Crippen LogP contribution in [0, 0.1) is 5.92 Å². The molecule has 0 bridgehead atoms. The van der Waals surface area contributed by atoms with Crippen molar-refractivity contribution < 1.29 is 8.42 Å². The van der Waals surface area contributed by atoms with Crippen LogP contribution in [0.5, 0.6) is 0 Å². The fraction of sp³-hybridized carbons (Fsp3) is 0.300. The van der Waals surface area contributed by atoms with E-state index in [1.807, 2.05) is 19.9 Å². The molecule has 0 spiro atoms. The molecule has 0 aliphatic heterocycles. The Kier molecular flexibility index (Phi) is 3.09. The Balaban J connectivity index is 2.96. The first-order valence-electron chi connectivity index (χ1n) is 4.09. The lowest BCUT2D eigenvalue weighted by Gasteiger charge is -2.05. The molecule has 0 atom stereocenters. The molecule has 0 aliphatic carbocycles. The lowest BCUT2D eigenvalue weighted by Crippen LogP contribution is -2.10. The molecule has 71 valence electrons. The van der Waals surface area contributed by atoms with Crippen LogP contribution in [0.2, 0.25) is 0 Å². The van der Waals surface area contributed by atoms with Gasteiger partial charge >= 0.3 is 0 Å². The van der Waals surface area contributed by atoms with Crippen LogP contribution in [0.3, 0.4) is 0 Å². The zero-order valence-corrected chi connectivity index (χ0v) is 8.64. The number of hydrogen-bond donors (Lipinski definition) is 0. The molecule has 1 rings (SSSR count). The summed E-state index contributed by atoms with van der Waals surface area (Å²) in [6.07, 6.45) is 0. The summed E-state index contributed by atoms with van der Waals surface area (Å²) in [7, 11) is -3.10. The van der Waals surface area contributed by atoms with E-state index in [-0.39, 0.29) is 5.75 Å². The highest BCUT2D eigenvalue weighted by Crippen LogP contribution is 2.13. The molecule has 3 heteroatoms. The molecule has 1 radical (unpaired) electrons. The van der Waals surface area contributed by atoms with Crippen molar-refractivity contribution in [3.8, 4) is 0 Å². The Morgan fingerprint density at radius 2 is 1.69 bits per heavy atom. The molecule has 1 aromatic carbocycles. The van der Waals surface area contributed by atoms with Crippen molar-refractivity contribution in [1.29, 1.82) is 0 Å². The molecular weight excluding hydrogens is 184 g/mol. The van der Waals surface area contributed by atoms with Crippen LogP contribution >= 0.6 is 0 Å². The van der Waals surface area contributed by atoms with E-state index in [4.69, 9.17) is 0 Å². The third-order valence-corrected chi connectivity index (χ3v) is 3.53. The van der Waals surface area contributed by atoms with Crippen LogP contribution in [0.25, 0.3) is 0 Å². The van der Waals surface area contributed by atoms with Crippen LogP contribution in [0.15, 0.2) is 35.2 Å². The fourth-order valence-corrected chi connectivity index (χ4v) is 2.59. The molecule has 2 nitrogen and oxygen atoms in total. The molecular formula is C10H13O2S. The van der Waals surface area contributed by atoms with Gasteiger partial charge < -0.3 is 0 Å². The highest BCUT2D eigenvalue weighted by molar-refractivity contribution is 7.91. The van der Waals surface area contributed by atoms with Gasteiger partial charge in [-0.1, -0.05) is 32.0 Å². The minimum absolute atomic E-state index is 0.136. The molecule has 0 N–H and O–H groups in total. The molecule has 0 saturated carbocycles. The largest absolute Gasteiger partial charge is 0.224 e. The SMILES string of the molecule is C[C](C)CS(=O)(=O)c1ccccc1. The zero-order chi connectivity index (χ0) is 9.90. The topological polar surface area (TPSA) is 34.1 Å². The van der Waals surface area contributed by atoms with E-state index in [1.54, 1.807) is 24.3 Å². The quantitative estimate of drug-likeness (QED) is 0.743. The molecule has 0 heterocycles. The van der Waals surface area contributed by atoms with Crippen molar-refractivity contribution in [3.05, 3.63) is 36.2 Å². The number of sulfone groups is 1. The zero-order valence-electron chi connectivity index (χ0n) is 7.82. The summed E-state index contributed by atoms with van der Waals surface area (Å²) >= 11 is 0. The summed E-state index contributed by atoms with van der Waals surface area (Å²) < 4.78 is 23.2. The summed E-state index contributed by atoms with van der Waals surface area (Å²) in [6.45, 7) is 3.64. The first-order valence-corrected chi connectivity index (χ1v) is 5.74. The smallest absolute Gasteiger partial charge is 0.178 e. The van der Waals surface area contributed by atoms with Gasteiger partial charge in [0, 0.05) is 0 Å². The summed E-state index contributed by atoms with van der Waals surface area (Å²) in [5.74, 6) is 1.04. The van der Waals surface area contributed by atoms with E-state index in [1.165, 1.54) is 0 Å². The Hall–Kier alpha value is -0.830. The van der Waals surface area contributed by atoms with Gasteiger partial charge in [-0.15, -0.1) is 0 Å². The molecule has 0 aliphatic rings.